The zero-order valence-corrected chi connectivity index (χ0v) is 15.4. The Kier molecular flexibility index (Phi) is 7.19. The first-order valence-corrected chi connectivity index (χ1v) is 9.34. The summed E-state index contributed by atoms with van der Waals surface area (Å²) in [5, 5.41) is 2.96. The van der Waals surface area contributed by atoms with Crippen molar-refractivity contribution in [3.05, 3.63) is 107 Å². The number of rotatable bonds is 9. The molecule has 1 N–H and O–H groups in total. The lowest BCUT2D eigenvalue weighted by Gasteiger charge is -2.11. The Balaban J connectivity index is 1.46. The summed E-state index contributed by atoms with van der Waals surface area (Å²) in [6.07, 6.45) is 1.77. The molecule has 3 aromatic rings. The average molecular weight is 359 g/mol. The second kappa shape index (κ2) is 10.3. The number of aryl methyl sites for hydroxylation is 2. The quantitative estimate of drug-likeness (QED) is 0.575. The molecule has 3 aromatic carbocycles. The van der Waals surface area contributed by atoms with E-state index in [2.05, 4.69) is 17.4 Å². The first kappa shape index (κ1) is 18.9. The van der Waals surface area contributed by atoms with Crippen LogP contribution in [0.15, 0.2) is 84.9 Å². The molecule has 0 atom stereocenters. The predicted molar refractivity (Wildman–Crippen MR) is 109 cm³/mol. The molecule has 0 saturated heterocycles. The van der Waals surface area contributed by atoms with Crippen molar-refractivity contribution >= 4 is 5.91 Å². The van der Waals surface area contributed by atoms with E-state index >= 15 is 0 Å². The molecule has 0 aromatic heterocycles. The molecule has 27 heavy (non-hydrogen) atoms. The Morgan fingerprint density at radius 3 is 2.11 bits per heavy atom. The van der Waals surface area contributed by atoms with Gasteiger partial charge in [0.2, 0.25) is 0 Å². The molecule has 0 aliphatic rings. The molecular weight excluding hydrogens is 334 g/mol. The molecule has 0 fully saturated rings. The number of ether oxygens (including phenoxy) is 1. The average Bonchev–Trinajstić information content (AvgIpc) is 2.73. The van der Waals surface area contributed by atoms with E-state index in [9.17, 15) is 4.79 Å². The maximum Gasteiger partial charge on any atom is 0.251 e. The van der Waals surface area contributed by atoms with Gasteiger partial charge in [-0.25, -0.2) is 0 Å². The number of nitrogens with one attached hydrogen (secondary N) is 1. The summed E-state index contributed by atoms with van der Waals surface area (Å²) in [5.41, 5.74) is 4.23. The maximum absolute atomic E-state index is 12.5. The van der Waals surface area contributed by atoms with Crippen LogP contribution < -0.4 is 5.32 Å². The molecule has 3 heteroatoms. The largest absolute Gasteiger partial charge is 0.375 e. The Bertz CT molecular complexity index is 831. The third-order valence-corrected chi connectivity index (χ3v) is 4.43. The van der Waals surface area contributed by atoms with Gasteiger partial charge in [-0.15, -0.1) is 0 Å². The molecule has 138 valence electrons. The van der Waals surface area contributed by atoms with Gasteiger partial charge in [-0.1, -0.05) is 78.9 Å². The van der Waals surface area contributed by atoms with Gasteiger partial charge in [0.05, 0.1) is 13.2 Å². The molecule has 3 rings (SSSR count). The van der Waals surface area contributed by atoms with Crippen LogP contribution in [0.4, 0.5) is 0 Å². The van der Waals surface area contributed by atoms with Crippen LogP contribution in [0, 0.1) is 0 Å². The lowest BCUT2D eigenvalue weighted by molar-refractivity contribution is 0.0900. The molecule has 0 heterocycles. The fourth-order valence-electron chi connectivity index (χ4n) is 2.98. The number of hydrogen-bond acceptors (Lipinski definition) is 2. The van der Waals surface area contributed by atoms with Crippen molar-refractivity contribution in [3.8, 4) is 0 Å². The SMILES string of the molecule is O=C(NCCOCc1ccccc1)c1ccccc1CCc1ccccc1. The first-order chi connectivity index (χ1) is 13.3. The Morgan fingerprint density at radius 2 is 1.37 bits per heavy atom. The van der Waals surface area contributed by atoms with Crippen molar-refractivity contribution in [3.63, 3.8) is 0 Å². The van der Waals surface area contributed by atoms with Crippen molar-refractivity contribution < 1.29 is 9.53 Å². The van der Waals surface area contributed by atoms with Gasteiger partial charge in [-0.2, -0.15) is 0 Å². The normalized spacial score (nSPS) is 10.5. The summed E-state index contributed by atoms with van der Waals surface area (Å²) < 4.78 is 5.63. The Hall–Kier alpha value is -2.91. The summed E-state index contributed by atoms with van der Waals surface area (Å²) >= 11 is 0. The summed E-state index contributed by atoms with van der Waals surface area (Å²) in [6, 6.07) is 28.2. The maximum atomic E-state index is 12.5. The molecule has 0 bridgehead atoms. The number of benzene rings is 3. The van der Waals surface area contributed by atoms with Gasteiger partial charge in [-0.05, 0) is 35.6 Å². The van der Waals surface area contributed by atoms with Gasteiger partial charge in [0.25, 0.3) is 5.91 Å². The van der Waals surface area contributed by atoms with Crippen molar-refractivity contribution in [1.82, 2.24) is 5.32 Å². The molecule has 0 spiro atoms. The number of carbonyl (C=O) groups excluding carboxylic acids is 1. The molecule has 0 saturated carbocycles. The van der Waals surface area contributed by atoms with E-state index < -0.39 is 0 Å². The van der Waals surface area contributed by atoms with Crippen LogP contribution in [0.25, 0.3) is 0 Å². The van der Waals surface area contributed by atoms with Gasteiger partial charge < -0.3 is 10.1 Å². The lowest BCUT2D eigenvalue weighted by Crippen LogP contribution is -2.28. The molecule has 0 unspecified atom stereocenters. The predicted octanol–water partition coefficient (Wildman–Crippen LogP) is 4.42. The fourth-order valence-corrected chi connectivity index (χ4v) is 2.98. The highest BCUT2D eigenvalue weighted by Gasteiger charge is 2.10. The molecule has 3 nitrogen and oxygen atoms in total. The van der Waals surface area contributed by atoms with E-state index in [1.807, 2.05) is 72.8 Å². The number of carbonyl (C=O) groups is 1. The third kappa shape index (κ3) is 6.08. The first-order valence-electron chi connectivity index (χ1n) is 9.34. The second-order valence-electron chi connectivity index (χ2n) is 6.44. The minimum atomic E-state index is -0.0398. The molecule has 0 radical (unpaired) electrons. The van der Waals surface area contributed by atoms with Gasteiger partial charge in [0.1, 0.15) is 0 Å². The molecule has 0 aliphatic carbocycles. The second-order valence-corrected chi connectivity index (χ2v) is 6.44. The zero-order valence-electron chi connectivity index (χ0n) is 15.4. The summed E-state index contributed by atoms with van der Waals surface area (Å²) in [5.74, 6) is -0.0398. The highest BCUT2D eigenvalue weighted by Crippen LogP contribution is 2.13. The van der Waals surface area contributed by atoms with Gasteiger partial charge >= 0.3 is 0 Å². The smallest absolute Gasteiger partial charge is 0.251 e. The highest BCUT2D eigenvalue weighted by molar-refractivity contribution is 5.95. The third-order valence-electron chi connectivity index (χ3n) is 4.43. The number of hydrogen-bond donors (Lipinski definition) is 1. The minimum absolute atomic E-state index is 0.0398. The topological polar surface area (TPSA) is 38.3 Å². The zero-order chi connectivity index (χ0) is 18.7. The molecule has 1 amide bonds. The van der Waals surface area contributed by atoms with Gasteiger partial charge in [-0.3, -0.25) is 4.79 Å². The summed E-state index contributed by atoms with van der Waals surface area (Å²) in [4.78, 5) is 12.5. The van der Waals surface area contributed by atoms with E-state index in [1.54, 1.807) is 0 Å². The lowest BCUT2D eigenvalue weighted by atomic mass is 9.99. The van der Waals surface area contributed by atoms with Crippen molar-refractivity contribution in [1.29, 1.82) is 0 Å². The van der Waals surface area contributed by atoms with E-state index in [0.717, 1.165) is 29.5 Å². The number of amides is 1. The van der Waals surface area contributed by atoms with Crippen LogP contribution in [-0.2, 0) is 24.2 Å². The van der Waals surface area contributed by atoms with Crippen molar-refractivity contribution in [2.45, 2.75) is 19.4 Å². The van der Waals surface area contributed by atoms with Crippen LogP contribution in [-0.4, -0.2) is 19.1 Å². The van der Waals surface area contributed by atoms with Crippen LogP contribution in [0.3, 0.4) is 0 Å². The van der Waals surface area contributed by atoms with Gasteiger partial charge in [0, 0.05) is 12.1 Å². The van der Waals surface area contributed by atoms with E-state index in [1.165, 1.54) is 5.56 Å². The monoisotopic (exact) mass is 359 g/mol. The van der Waals surface area contributed by atoms with Crippen molar-refractivity contribution in [2.75, 3.05) is 13.2 Å². The summed E-state index contributed by atoms with van der Waals surface area (Å²) in [7, 11) is 0. The standard InChI is InChI=1S/C24H25NO2/c26-24(25-17-18-27-19-21-11-5-2-6-12-21)23-14-8-7-13-22(23)16-15-20-9-3-1-4-10-20/h1-14H,15-19H2,(H,25,26). The summed E-state index contributed by atoms with van der Waals surface area (Å²) in [6.45, 7) is 1.55. The Labute approximate surface area is 161 Å². The highest BCUT2D eigenvalue weighted by atomic mass is 16.5. The fraction of sp³-hybridized carbons (Fsp3) is 0.208. The molecule has 0 aliphatic heterocycles. The van der Waals surface area contributed by atoms with Gasteiger partial charge in [0.15, 0.2) is 0 Å². The van der Waals surface area contributed by atoms with E-state index in [4.69, 9.17) is 4.74 Å². The Morgan fingerprint density at radius 1 is 0.741 bits per heavy atom. The van der Waals surface area contributed by atoms with Crippen LogP contribution in [0.1, 0.15) is 27.0 Å². The van der Waals surface area contributed by atoms with Crippen molar-refractivity contribution in [2.24, 2.45) is 0 Å². The molecular formula is C24H25NO2. The van der Waals surface area contributed by atoms with Crippen LogP contribution in [0.2, 0.25) is 0 Å². The van der Waals surface area contributed by atoms with E-state index in [0.29, 0.717) is 19.8 Å². The van der Waals surface area contributed by atoms with Crippen LogP contribution >= 0.6 is 0 Å². The van der Waals surface area contributed by atoms with Crippen LogP contribution in [0.5, 0.6) is 0 Å². The van der Waals surface area contributed by atoms with E-state index in [-0.39, 0.29) is 5.91 Å². The minimum Gasteiger partial charge on any atom is -0.375 e.